The molecule has 0 aliphatic rings. The summed E-state index contributed by atoms with van der Waals surface area (Å²) >= 11 is 0. The molecule has 7 heteroatoms. The fourth-order valence-corrected chi connectivity index (χ4v) is 4.43. The maximum atomic E-state index is 13.8. The third kappa shape index (κ3) is 5.93. The number of alkyl halides is 3. The molecule has 0 aliphatic heterocycles. The van der Waals surface area contributed by atoms with E-state index >= 15 is 0 Å². The van der Waals surface area contributed by atoms with E-state index in [-0.39, 0.29) is 11.1 Å². The minimum absolute atomic E-state index is 0.0494. The average Bonchev–Trinajstić information content (AvgIpc) is 3.28. The van der Waals surface area contributed by atoms with Crippen LogP contribution in [0, 0.1) is 0 Å². The largest absolute Gasteiger partial charge is 0.488 e. The molecule has 0 spiro atoms. The van der Waals surface area contributed by atoms with E-state index in [1.54, 1.807) is 10.7 Å². The number of fused-ring (bicyclic) bond motifs is 1. The number of benzene rings is 4. The molecule has 0 fully saturated rings. The van der Waals surface area contributed by atoms with Crippen molar-refractivity contribution in [3.05, 3.63) is 108 Å². The fraction of sp³-hybridized carbons (Fsp3) is 0.219. The second-order valence-electron chi connectivity index (χ2n) is 10.1. The first-order chi connectivity index (χ1) is 18.6. The van der Waals surface area contributed by atoms with Crippen molar-refractivity contribution < 1.29 is 17.9 Å². The first-order valence-electron chi connectivity index (χ1n) is 12.9. The lowest BCUT2D eigenvalue weighted by Crippen LogP contribution is -2.26. The predicted molar refractivity (Wildman–Crippen MR) is 150 cm³/mol. The first-order valence-corrected chi connectivity index (χ1v) is 12.9. The zero-order valence-corrected chi connectivity index (χ0v) is 22.1. The van der Waals surface area contributed by atoms with Crippen LogP contribution >= 0.6 is 0 Å². The minimum Gasteiger partial charge on any atom is -0.488 e. The number of halogens is 3. The highest BCUT2D eigenvalue weighted by Gasteiger charge is 2.34. The lowest BCUT2D eigenvalue weighted by atomic mass is 10.0. The van der Waals surface area contributed by atoms with Gasteiger partial charge >= 0.3 is 6.18 Å². The van der Waals surface area contributed by atoms with Crippen molar-refractivity contribution >= 4 is 22.3 Å². The summed E-state index contributed by atoms with van der Waals surface area (Å²) in [6.07, 6.45) is -3.60. The zero-order chi connectivity index (χ0) is 27.6. The Morgan fingerprint density at radius 1 is 0.795 bits per heavy atom. The molecule has 39 heavy (non-hydrogen) atoms. The number of aromatic nitrogens is 2. The van der Waals surface area contributed by atoms with Gasteiger partial charge in [0.05, 0.1) is 17.8 Å². The maximum Gasteiger partial charge on any atom is 0.418 e. The molecule has 0 unspecified atom stereocenters. The van der Waals surface area contributed by atoms with Crippen LogP contribution < -0.4 is 10.1 Å². The van der Waals surface area contributed by atoms with Crippen molar-refractivity contribution in [1.29, 1.82) is 0 Å². The molecule has 1 N–H and O–H groups in total. The van der Waals surface area contributed by atoms with Gasteiger partial charge in [-0.1, -0.05) is 61.5 Å². The highest BCUT2D eigenvalue weighted by molar-refractivity contribution is 5.95. The predicted octanol–water partition coefficient (Wildman–Crippen LogP) is 9.08. The lowest BCUT2D eigenvalue weighted by Gasteiger charge is -2.25. The van der Waals surface area contributed by atoms with Gasteiger partial charge in [0.15, 0.2) is 0 Å². The molecule has 0 aliphatic carbocycles. The van der Waals surface area contributed by atoms with Gasteiger partial charge in [0.1, 0.15) is 16.9 Å². The molecule has 0 saturated carbocycles. The molecule has 0 amide bonds. The van der Waals surface area contributed by atoms with Crippen molar-refractivity contribution in [1.82, 2.24) is 9.78 Å². The van der Waals surface area contributed by atoms with E-state index in [0.29, 0.717) is 17.6 Å². The number of nitrogens with zero attached hydrogens (tertiary/aromatic N) is 2. The molecule has 1 aromatic heterocycles. The topological polar surface area (TPSA) is 39.1 Å². The zero-order valence-electron chi connectivity index (χ0n) is 22.1. The van der Waals surface area contributed by atoms with Crippen molar-refractivity contribution in [2.75, 3.05) is 5.32 Å². The van der Waals surface area contributed by atoms with Crippen molar-refractivity contribution in [2.45, 2.75) is 45.5 Å². The molecule has 1 heterocycles. The molecular weight excluding hydrogens is 499 g/mol. The van der Waals surface area contributed by atoms with Gasteiger partial charge in [-0.15, -0.1) is 0 Å². The SMILES string of the molecule is CCC(C)(C)Oc1ccc(Nc2ccc(-c3c4cccc(C(F)(F)F)c4nn3Cc3ccccc3)cc2)cc1. The number of ether oxygens (including phenoxy) is 1. The summed E-state index contributed by atoms with van der Waals surface area (Å²) in [6.45, 7) is 6.55. The molecule has 0 saturated heterocycles. The van der Waals surface area contributed by atoms with Crippen LogP contribution in [0.15, 0.2) is 97.1 Å². The van der Waals surface area contributed by atoms with Crippen LogP contribution in [-0.2, 0) is 12.7 Å². The molecule has 4 aromatic carbocycles. The van der Waals surface area contributed by atoms with Crippen LogP contribution in [0.2, 0.25) is 0 Å². The van der Waals surface area contributed by atoms with Crippen LogP contribution in [-0.4, -0.2) is 15.4 Å². The normalized spacial score (nSPS) is 12.1. The third-order valence-corrected chi connectivity index (χ3v) is 6.80. The minimum atomic E-state index is -4.50. The number of nitrogens with one attached hydrogen (secondary N) is 1. The molecule has 0 radical (unpaired) electrons. The van der Waals surface area contributed by atoms with Crippen LogP contribution in [0.3, 0.4) is 0 Å². The van der Waals surface area contributed by atoms with Crippen LogP contribution in [0.4, 0.5) is 24.5 Å². The maximum absolute atomic E-state index is 13.8. The smallest absolute Gasteiger partial charge is 0.418 e. The second kappa shape index (κ2) is 10.5. The highest BCUT2D eigenvalue weighted by Crippen LogP contribution is 2.38. The van der Waals surface area contributed by atoms with Crippen molar-refractivity contribution in [2.24, 2.45) is 0 Å². The Balaban J connectivity index is 1.46. The molecule has 5 aromatic rings. The summed E-state index contributed by atoms with van der Waals surface area (Å²) in [5, 5.41) is 8.29. The van der Waals surface area contributed by atoms with E-state index in [2.05, 4.69) is 31.2 Å². The Kier molecular flexibility index (Phi) is 7.08. The van der Waals surface area contributed by atoms with Crippen LogP contribution in [0.5, 0.6) is 5.75 Å². The Hall–Kier alpha value is -4.26. The van der Waals surface area contributed by atoms with E-state index in [9.17, 15) is 13.2 Å². The average molecular weight is 530 g/mol. The number of anilines is 2. The van der Waals surface area contributed by atoms with Gasteiger partial charge in [0, 0.05) is 22.3 Å². The first kappa shape index (κ1) is 26.4. The number of hydrogen-bond acceptors (Lipinski definition) is 3. The quantitative estimate of drug-likeness (QED) is 0.218. The van der Waals surface area contributed by atoms with Gasteiger partial charge in [-0.05, 0) is 68.3 Å². The van der Waals surface area contributed by atoms with Gasteiger partial charge in [-0.3, -0.25) is 4.68 Å². The summed E-state index contributed by atoms with van der Waals surface area (Å²) in [4.78, 5) is 0. The Morgan fingerprint density at radius 2 is 1.44 bits per heavy atom. The Bertz CT molecular complexity index is 1560. The van der Waals surface area contributed by atoms with Crippen molar-refractivity contribution in [3.63, 3.8) is 0 Å². The Morgan fingerprint density at radius 3 is 2.05 bits per heavy atom. The Labute approximate surface area is 226 Å². The summed E-state index contributed by atoms with van der Waals surface area (Å²) < 4.78 is 49.1. The molecule has 0 bridgehead atoms. The van der Waals surface area contributed by atoms with Gasteiger partial charge in [0.2, 0.25) is 0 Å². The monoisotopic (exact) mass is 529 g/mol. The van der Waals surface area contributed by atoms with Crippen LogP contribution in [0.1, 0.15) is 38.3 Å². The van der Waals surface area contributed by atoms with Gasteiger partial charge in [0.25, 0.3) is 0 Å². The number of rotatable bonds is 8. The number of hydrogen-bond donors (Lipinski definition) is 1. The van der Waals surface area contributed by atoms with E-state index in [1.165, 1.54) is 6.07 Å². The van der Waals surface area contributed by atoms with Gasteiger partial charge < -0.3 is 10.1 Å². The van der Waals surface area contributed by atoms with Crippen molar-refractivity contribution in [3.8, 4) is 17.0 Å². The fourth-order valence-electron chi connectivity index (χ4n) is 4.43. The summed E-state index contributed by atoms with van der Waals surface area (Å²) in [5.41, 5.74) is 3.12. The molecule has 200 valence electrons. The summed E-state index contributed by atoms with van der Waals surface area (Å²) in [5.74, 6) is 0.805. The lowest BCUT2D eigenvalue weighted by molar-refractivity contribution is -0.136. The van der Waals surface area contributed by atoms with Crippen LogP contribution in [0.25, 0.3) is 22.2 Å². The van der Waals surface area contributed by atoms with E-state index < -0.39 is 11.7 Å². The van der Waals surface area contributed by atoms with E-state index in [0.717, 1.165) is 40.7 Å². The van der Waals surface area contributed by atoms with Gasteiger partial charge in [-0.25, -0.2) is 0 Å². The third-order valence-electron chi connectivity index (χ3n) is 6.80. The summed E-state index contributed by atoms with van der Waals surface area (Å²) in [7, 11) is 0. The molecule has 5 rings (SSSR count). The van der Waals surface area contributed by atoms with E-state index in [4.69, 9.17) is 4.74 Å². The second-order valence-corrected chi connectivity index (χ2v) is 10.1. The van der Waals surface area contributed by atoms with Gasteiger partial charge in [-0.2, -0.15) is 18.3 Å². The standard InChI is InChI=1S/C32H30F3N3O/c1-4-31(2,3)39-26-19-17-25(18-20-26)36-24-15-13-23(14-16-24)30-27-11-8-12-28(32(33,34)35)29(27)37-38(30)21-22-9-6-5-7-10-22/h5-20,36H,4,21H2,1-3H3. The molecule has 0 atom stereocenters. The molecule has 4 nitrogen and oxygen atoms in total. The highest BCUT2D eigenvalue weighted by atomic mass is 19.4. The van der Waals surface area contributed by atoms with E-state index in [1.807, 2.05) is 78.9 Å². The summed E-state index contributed by atoms with van der Waals surface area (Å²) in [6, 6.07) is 29.2. The molecular formula is C32H30F3N3O.